The van der Waals surface area contributed by atoms with E-state index in [1.165, 1.54) is 0 Å². The van der Waals surface area contributed by atoms with Gasteiger partial charge in [-0.25, -0.2) is 4.98 Å². The van der Waals surface area contributed by atoms with Gasteiger partial charge in [0.2, 0.25) is 0 Å². The summed E-state index contributed by atoms with van der Waals surface area (Å²) in [6, 6.07) is -0.188. The highest BCUT2D eigenvalue weighted by Crippen LogP contribution is 2.29. The van der Waals surface area contributed by atoms with E-state index in [2.05, 4.69) is 30.3 Å². The molecular formula is C12H23N3O. The van der Waals surface area contributed by atoms with Crippen LogP contribution < -0.4 is 5.73 Å². The number of nitrogens with zero attached hydrogens (tertiary/aromatic N) is 2. The quantitative estimate of drug-likeness (QED) is 0.806. The number of imidazole rings is 1. The molecule has 0 amide bonds. The van der Waals surface area contributed by atoms with Crippen molar-refractivity contribution in [2.75, 3.05) is 6.61 Å². The summed E-state index contributed by atoms with van der Waals surface area (Å²) < 4.78 is 7.85. The molecular weight excluding hydrogens is 202 g/mol. The van der Waals surface area contributed by atoms with Crippen molar-refractivity contribution in [3.63, 3.8) is 0 Å². The van der Waals surface area contributed by atoms with Crippen molar-refractivity contribution in [2.45, 2.75) is 52.3 Å². The van der Waals surface area contributed by atoms with Gasteiger partial charge >= 0.3 is 0 Å². The van der Waals surface area contributed by atoms with Crippen LogP contribution in [0.3, 0.4) is 0 Å². The summed E-state index contributed by atoms with van der Waals surface area (Å²) in [6.45, 7) is 9.78. The van der Waals surface area contributed by atoms with Crippen molar-refractivity contribution >= 4 is 0 Å². The van der Waals surface area contributed by atoms with Crippen LogP contribution in [0.2, 0.25) is 0 Å². The van der Waals surface area contributed by atoms with E-state index in [4.69, 9.17) is 10.5 Å². The minimum atomic E-state index is -0.340. The van der Waals surface area contributed by atoms with E-state index in [0.717, 1.165) is 18.8 Å². The molecule has 0 fully saturated rings. The van der Waals surface area contributed by atoms with Gasteiger partial charge in [0.05, 0.1) is 11.6 Å². The van der Waals surface area contributed by atoms with Crippen molar-refractivity contribution in [3.05, 3.63) is 18.2 Å². The molecule has 2 atom stereocenters. The third kappa shape index (κ3) is 2.44. The number of ether oxygens (including phenoxy) is 1. The van der Waals surface area contributed by atoms with Gasteiger partial charge in [0.15, 0.2) is 0 Å². The molecule has 1 aromatic rings. The van der Waals surface area contributed by atoms with Crippen molar-refractivity contribution in [2.24, 2.45) is 5.73 Å². The van der Waals surface area contributed by atoms with Gasteiger partial charge in [-0.05, 0) is 27.2 Å². The Bertz CT molecular complexity index is 324. The molecule has 4 heteroatoms. The molecule has 2 unspecified atom stereocenters. The molecule has 0 radical (unpaired) electrons. The Kier molecular flexibility index (Phi) is 4.50. The van der Waals surface area contributed by atoms with Gasteiger partial charge in [-0.15, -0.1) is 0 Å². The highest BCUT2D eigenvalue weighted by atomic mass is 16.5. The van der Waals surface area contributed by atoms with Gasteiger partial charge in [-0.2, -0.15) is 0 Å². The van der Waals surface area contributed by atoms with E-state index in [1.807, 2.05) is 13.1 Å². The SMILES string of the molecule is CCOC(C)(CC)C(N)c1nccn1CC. The molecule has 0 aliphatic rings. The predicted octanol–water partition coefficient (Wildman–Crippen LogP) is 2.11. The molecule has 0 spiro atoms. The van der Waals surface area contributed by atoms with Gasteiger partial charge in [0.25, 0.3) is 0 Å². The molecule has 1 aromatic heterocycles. The number of nitrogens with two attached hydrogens (primary N) is 1. The number of hydrogen-bond acceptors (Lipinski definition) is 3. The van der Waals surface area contributed by atoms with Crippen molar-refractivity contribution in [3.8, 4) is 0 Å². The zero-order valence-electron chi connectivity index (χ0n) is 10.7. The first-order valence-electron chi connectivity index (χ1n) is 5.99. The lowest BCUT2D eigenvalue weighted by Gasteiger charge is -2.34. The first kappa shape index (κ1) is 13.2. The number of aryl methyl sites for hydroxylation is 1. The lowest BCUT2D eigenvalue weighted by molar-refractivity contribution is -0.0496. The smallest absolute Gasteiger partial charge is 0.128 e. The van der Waals surface area contributed by atoms with Gasteiger partial charge < -0.3 is 15.0 Å². The molecule has 0 aromatic carbocycles. The Labute approximate surface area is 97.8 Å². The second-order valence-corrected chi connectivity index (χ2v) is 4.15. The standard InChI is InChI=1S/C12H23N3O/c1-5-12(4,16-7-3)10(13)11-14-8-9-15(11)6-2/h8-10H,5-7,13H2,1-4H3. The second-order valence-electron chi connectivity index (χ2n) is 4.15. The molecule has 0 bridgehead atoms. The topological polar surface area (TPSA) is 53.1 Å². The summed E-state index contributed by atoms with van der Waals surface area (Å²) >= 11 is 0. The Morgan fingerprint density at radius 1 is 1.50 bits per heavy atom. The summed E-state index contributed by atoms with van der Waals surface area (Å²) in [5, 5.41) is 0. The summed E-state index contributed by atoms with van der Waals surface area (Å²) in [4.78, 5) is 4.34. The Morgan fingerprint density at radius 2 is 2.19 bits per heavy atom. The monoisotopic (exact) mass is 225 g/mol. The van der Waals surface area contributed by atoms with E-state index in [0.29, 0.717) is 6.61 Å². The van der Waals surface area contributed by atoms with Crippen LogP contribution in [-0.4, -0.2) is 21.8 Å². The Balaban J connectivity index is 2.94. The minimum Gasteiger partial charge on any atom is -0.373 e. The fraction of sp³-hybridized carbons (Fsp3) is 0.750. The molecule has 1 heterocycles. The van der Waals surface area contributed by atoms with Crippen LogP contribution in [0.5, 0.6) is 0 Å². The fourth-order valence-corrected chi connectivity index (χ4v) is 1.88. The van der Waals surface area contributed by atoms with Crippen LogP contribution in [0.4, 0.5) is 0 Å². The van der Waals surface area contributed by atoms with Crippen LogP contribution in [0.25, 0.3) is 0 Å². The summed E-state index contributed by atoms with van der Waals surface area (Å²) in [5.74, 6) is 0.903. The van der Waals surface area contributed by atoms with Crippen LogP contribution in [0, 0.1) is 0 Å². The van der Waals surface area contributed by atoms with Crippen LogP contribution in [0.15, 0.2) is 12.4 Å². The molecule has 2 N–H and O–H groups in total. The number of aromatic nitrogens is 2. The summed E-state index contributed by atoms with van der Waals surface area (Å²) in [5.41, 5.74) is 5.94. The molecule has 0 aliphatic heterocycles. The maximum absolute atomic E-state index is 6.28. The third-order valence-corrected chi connectivity index (χ3v) is 3.20. The van der Waals surface area contributed by atoms with Gasteiger partial charge in [-0.1, -0.05) is 6.92 Å². The van der Waals surface area contributed by atoms with Gasteiger partial charge in [0.1, 0.15) is 5.82 Å². The van der Waals surface area contributed by atoms with Crippen molar-refractivity contribution in [1.82, 2.24) is 9.55 Å². The maximum atomic E-state index is 6.28. The maximum Gasteiger partial charge on any atom is 0.128 e. The van der Waals surface area contributed by atoms with E-state index < -0.39 is 0 Å². The highest BCUT2D eigenvalue weighted by Gasteiger charge is 2.34. The van der Waals surface area contributed by atoms with Crippen LogP contribution in [-0.2, 0) is 11.3 Å². The first-order valence-corrected chi connectivity index (χ1v) is 5.99. The summed E-state index contributed by atoms with van der Waals surface area (Å²) in [6.07, 6.45) is 4.62. The lowest BCUT2D eigenvalue weighted by atomic mass is 9.93. The van der Waals surface area contributed by atoms with E-state index in [9.17, 15) is 0 Å². The second kappa shape index (κ2) is 5.46. The van der Waals surface area contributed by atoms with E-state index >= 15 is 0 Å². The van der Waals surface area contributed by atoms with Crippen molar-refractivity contribution < 1.29 is 4.74 Å². The van der Waals surface area contributed by atoms with Gasteiger partial charge in [-0.3, -0.25) is 0 Å². The molecule has 4 nitrogen and oxygen atoms in total. The average molecular weight is 225 g/mol. The van der Waals surface area contributed by atoms with E-state index in [1.54, 1.807) is 6.20 Å². The largest absolute Gasteiger partial charge is 0.373 e. The Hall–Kier alpha value is -0.870. The molecule has 16 heavy (non-hydrogen) atoms. The molecule has 0 aliphatic carbocycles. The molecule has 92 valence electrons. The first-order chi connectivity index (χ1) is 7.59. The Morgan fingerprint density at radius 3 is 2.69 bits per heavy atom. The van der Waals surface area contributed by atoms with Crippen LogP contribution in [0.1, 0.15) is 46.0 Å². The number of hydrogen-bond donors (Lipinski definition) is 1. The van der Waals surface area contributed by atoms with Gasteiger partial charge in [0, 0.05) is 25.5 Å². The molecule has 0 saturated heterocycles. The average Bonchev–Trinajstić information content (AvgIpc) is 2.76. The summed E-state index contributed by atoms with van der Waals surface area (Å²) in [7, 11) is 0. The molecule has 1 rings (SSSR count). The van der Waals surface area contributed by atoms with Crippen LogP contribution >= 0.6 is 0 Å². The zero-order valence-corrected chi connectivity index (χ0v) is 10.7. The van der Waals surface area contributed by atoms with Crippen molar-refractivity contribution in [1.29, 1.82) is 0 Å². The zero-order chi connectivity index (χ0) is 12.2. The third-order valence-electron chi connectivity index (χ3n) is 3.20. The minimum absolute atomic E-state index is 0.188. The number of rotatable bonds is 6. The highest BCUT2D eigenvalue weighted by molar-refractivity contribution is 5.05. The normalized spacial score (nSPS) is 17.1. The lowest BCUT2D eigenvalue weighted by Crippen LogP contribution is -2.42. The van der Waals surface area contributed by atoms with E-state index in [-0.39, 0.29) is 11.6 Å². The molecule has 0 saturated carbocycles. The fourth-order valence-electron chi connectivity index (χ4n) is 1.88. The predicted molar refractivity (Wildman–Crippen MR) is 65.2 cm³/mol.